The molecule has 106 valence electrons. The molecule has 1 aromatic carbocycles. The van der Waals surface area contributed by atoms with Crippen LogP contribution in [0.3, 0.4) is 0 Å². The lowest BCUT2D eigenvalue weighted by atomic mass is 9.92. The molecule has 0 saturated carbocycles. The second-order valence-electron chi connectivity index (χ2n) is 5.03. The van der Waals surface area contributed by atoms with Crippen LogP contribution in [0.1, 0.15) is 31.0 Å². The van der Waals surface area contributed by atoms with E-state index in [1.54, 1.807) is 0 Å². The number of hydrogen-bond acceptors (Lipinski definition) is 2. The molecule has 2 aromatic rings. The van der Waals surface area contributed by atoms with E-state index in [1.807, 2.05) is 6.92 Å². The molecular formula is C15H15F3N2. The first-order valence-electron chi connectivity index (χ1n) is 6.86. The average molecular weight is 280 g/mol. The lowest BCUT2D eigenvalue weighted by molar-refractivity contribution is 0.504. The highest BCUT2D eigenvalue weighted by molar-refractivity contribution is 5.94. The van der Waals surface area contributed by atoms with Crippen molar-refractivity contribution in [1.82, 2.24) is 4.98 Å². The Balaban J connectivity index is 2.42. The second kappa shape index (κ2) is 4.96. The molecule has 0 bridgehead atoms. The predicted molar refractivity (Wildman–Crippen MR) is 72.4 cm³/mol. The Morgan fingerprint density at radius 2 is 1.90 bits per heavy atom. The van der Waals surface area contributed by atoms with Crippen LogP contribution in [-0.4, -0.2) is 11.5 Å². The first-order valence-corrected chi connectivity index (χ1v) is 6.86. The maximum absolute atomic E-state index is 14.1. The molecule has 0 saturated heterocycles. The van der Waals surface area contributed by atoms with Crippen molar-refractivity contribution >= 4 is 16.6 Å². The molecule has 20 heavy (non-hydrogen) atoms. The average Bonchev–Trinajstić information content (AvgIpc) is 2.45. The van der Waals surface area contributed by atoms with Crippen LogP contribution in [-0.2, 0) is 12.8 Å². The third-order valence-electron chi connectivity index (χ3n) is 3.74. The van der Waals surface area contributed by atoms with Gasteiger partial charge >= 0.3 is 0 Å². The first kappa shape index (κ1) is 13.2. The van der Waals surface area contributed by atoms with Crippen molar-refractivity contribution < 1.29 is 13.2 Å². The van der Waals surface area contributed by atoms with E-state index in [4.69, 9.17) is 0 Å². The Bertz CT molecular complexity index is 683. The number of anilines is 1. The Hall–Kier alpha value is -1.78. The van der Waals surface area contributed by atoms with E-state index in [0.29, 0.717) is 18.3 Å². The minimum atomic E-state index is -1.17. The van der Waals surface area contributed by atoms with Crippen molar-refractivity contribution in [1.29, 1.82) is 0 Å². The van der Waals surface area contributed by atoms with Crippen LogP contribution in [0.2, 0.25) is 0 Å². The van der Waals surface area contributed by atoms with Gasteiger partial charge in [0, 0.05) is 18.3 Å². The Labute approximate surface area is 115 Å². The normalized spacial score (nSPS) is 14.4. The molecule has 1 aromatic heterocycles. The summed E-state index contributed by atoms with van der Waals surface area (Å²) < 4.78 is 41.5. The van der Waals surface area contributed by atoms with Gasteiger partial charge in [0.2, 0.25) is 0 Å². The van der Waals surface area contributed by atoms with E-state index in [1.165, 1.54) is 0 Å². The lowest BCUT2D eigenvalue weighted by Crippen LogP contribution is -2.13. The Kier molecular flexibility index (Phi) is 3.28. The molecule has 1 aliphatic carbocycles. The number of halogens is 3. The van der Waals surface area contributed by atoms with Crippen LogP contribution in [0.25, 0.3) is 10.9 Å². The van der Waals surface area contributed by atoms with Crippen molar-refractivity contribution in [2.75, 3.05) is 11.9 Å². The van der Waals surface area contributed by atoms with Gasteiger partial charge in [-0.3, -0.25) is 0 Å². The number of aromatic nitrogens is 1. The number of fused-ring (bicyclic) bond motifs is 2. The summed E-state index contributed by atoms with van der Waals surface area (Å²) in [6, 6.07) is 0.565. The molecule has 1 aliphatic rings. The van der Waals surface area contributed by atoms with Gasteiger partial charge in [0.25, 0.3) is 0 Å². The predicted octanol–water partition coefficient (Wildman–Crippen LogP) is 3.96. The van der Waals surface area contributed by atoms with Crippen molar-refractivity contribution in [2.24, 2.45) is 0 Å². The topological polar surface area (TPSA) is 24.9 Å². The van der Waals surface area contributed by atoms with Crippen molar-refractivity contribution in [3.05, 3.63) is 34.8 Å². The van der Waals surface area contributed by atoms with Crippen LogP contribution in [0.5, 0.6) is 0 Å². The minimum Gasteiger partial charge on any atom is -0.384 e. The molecule has 1 heterocycles. The highest BCUT2D eigenvalue weighted by Crippen LogP contribution is 2.36. The molecule has 2 nitrogen and oxygen atoms in total. The first-order chi connectivity index (χ1) is 9.63. The van der Waals surface area contributed by atoms with Gasteiger partial charge in [-0.15, -0.1) is 0 Å². The molecule has 5 heteroatoms. The van der Waals surface area contributed by atoms with E-state index in [9.17, 15) is 13.2 Å². The maximum atomic E-state index is 14.1. The van der Waals surface area contributed by atoms with Crippen LogP contribution in [0, 0.1) is 17.5 Å². The smallest absolute Gasteiger partial charge is 0.170 e. The molecule has 0 radical (unpaired) electrons. The number of hydrogen-bond donors (Lipinski definition) is 1. The second-order valence-corrected chi connectivity index (χ2v) is 5.03. The monoisotopic (exact) mass is 280 g/mol. The third-order valence-corrected chi connectivity index (χ3v) is 3.74. The lowest BCUT2D eigenvalue weighted by Gasteiger charge is -2.21. The fraction of sp³-hybridized carbons (Fsp3) is 0.400. The Morgan fingerprint density at radius 3 is 2.65 bits per heavy atom. The number of nitrogens with one attached hydrogen (secondary N) is 1. The summed E-state index contributed by atoms with van der Waals surface area (Å²) in [6.45, 7) is 2.43. The minimum absolute atomic E-state index is 0.0648. The molecule has 0 aliphatic heterocycles. The number of rotatable bonds is 2. The fourth-order valence-electron chi connectivity index (χ4n) is 2.86. The van der Waals surface area contributed by atoms with E-state index >= 15 is 0 Å². The van der Waals surface area contributed by atoms with Gasteiger partial charge in [0.15, 0.2) is 17.5 Å². The van der Waals surface area contributed by atoms with Gasteiger partial charge in [0.1, 0.15) is 5.52 Å². The molecular weight excluding hydrogens is 265 g/mol. The van der Waals surface area contributed by atoms with E-state index in [-0.39, 0.29) is 10.9 Å². The van der Waals surface area contributed by atoms with Gasteiger partial charge in [-0.1, -0.05) is 0 Å². The summed E-state index contributed by atoms with van der Waals surface area (Å²) in [5.74, 6) is -3.02. The van der Waals surface area contributed by atoms with Crippen molar-refractivity contribution in [2.45, 2.75) is 32.6 Å². The van der Waals surface area contributed by atoms with Crippen LogP contribution >= 0.6 is 0 Å². The van der Waals surface area contributed by atoms with Gasteiger partial charge in [-0.05, 0) is 38.2 Å². The quantitative estimate of drug-likeness (QED) is 0.842. The standard InChI is InChI=1S/C15H15F3N2/c1-2-19-14-8-5-3-4-6-11(8)20-15-10(17)7-9(16)13(18)12(14)15/h7H,2-6H2,1H3,(H,19,20). The molecule has 0 unspecified atom stereocenters. The number of pyridine rings is 1. The summed E-state index contributed by atoms with van der Waals surface area (Å²) in [5.41, 5.74) is 2.11. The van der Waals surface area contributed by atoms with E-state index < -0.39 is 17.5 Å². The summed E-state index contributed by atoms with van der Waals surface area (Å²) in [4.78, 5) is 4.24. The third kappa shape index (κ3) is 1.92. The van der Waals surface area contributed by atoms with Crippen molar-refractivity contribution in [3.63, 3.8) is 0 Å². The number of aryl methyl sites for hydroxylation is 1. The van der Waals surface area contributed by atoms with Crippen LogP contribution in [0.15, 0.2) is 6.07 Å². The zero-order valence-electron chi connectivity index (χ0n) is 11.2. The maximum Gasteiger partial charge on any atom is 0.170 e. The molecule has 1 N–H and O–H groups in total. The van der Waals surface area contributed by atoms with Gasteiger partial charge in [-0.2, -0.15) is 0 Å². The zero-order chi connectivity index (χ0) is 14.3. The van der Waals surface area contributed by atoms with Crippen molar-refractivity contribution in [3.8, 4) is 0 Å². The fourth-order valence-corrected chi connectivity index (χ4v) is 2.86. The number of benzene rings is 1. The molecule has 0 fully saturated rings. The van der Waals surface area contributed by atoms with Gasteiger partial charge in [0.05, 0.1) is 11.1 Å². The highest BCUT2D eigenvalue weighted by atomic mass is 19.2. The number of nitrogens with zero attached hydrogens (tertiary/aromatic N) is 1. The van der Waals surface area contributed by atoms with E-state index in [0.717, 1.165) is 36.9 Å². The summed E-state index contributed by atoms with van der Waals surface area (Å²) in [7, 11) is 0. The summed E-state index contributed by atoms with van der Waals surface area (Å²) >= 11 is 0. The largest absolute Gasteiger partial charge is 0.384 e. The molecule has 0 spiro atoms. The highest BCUT2D eigenvalue weighted by Gasteiger charge is 2.23. The Morgan fingerprint density at radius 1 is 1.15 bits per heavy atom. The van der Waals surface area contributed by atoms with Gasteiger partial charge < -0.3 is 5.32 Å². The summed E-state index contributed by atoms with van der Waals surface area (Å²) in [5, 5.41) is 3.00. The molecule has 0 atom stereocenters. The summed E-state index contributed by atoms with van der Waals surface area (Å²) in [6.07, 6.45) is 3.49. The molecule has 3 rings (SSSR count). The van der Waals surface area contributed by atoms with Crippen LogP contribution in [0.4, 0.5) is 18.9 Å². The zero-order valence-corrected chi connectivity index (χ0v) is 11.2. The van der Waals surface area contributed by atoms with Gasteiger partial charge in [-0.25, -0.2) is 18.2 Å². The van der Waals surface area contributed by atoms with E-state index in [2.05, 4.69) is 10.3 Å². The molecule has 0 amide bonds. The van der Waals surface area contributed by atoms with Crippen LogP contribution < -0.4 is 5.32 Å². The SMILES string of the molecule is CCNc1c2c(nc3c(F)cc(F)c(F)c13)CCCC2.